The third kappa shape index (κ3) is 7.14. The van der Waals surface area contributed by atoms with Crippen molar-refractivity contribution >= 4 is 69.0 Å². The standard InChI is InChI=1S/C41H38N3O6P/c1-2-50-51(48,49)38(35-17-9-15-28-11-7-8-16-34(28)35)40(46)43-37-26-32-14-6-5-13-31(32)25-36(37)42-39(45)29-20-22-44(23-21-29)41(47)33-19-18-27-10-3-4-12-30(27)24-33/h3-19,24-26,29,38H,2,20-23H2,1H3,(H,42,45)(H,43,46)(H,48,49). The largest absolute Gasteiger partial charge is 0.344 e. The van der Waals surface area contributed by atoms with Crippen LogP contribution in [-0.4, -0.2) is 47.2 Å². The molecule has 9 nitrogen and oxygen atoms in total. The van der Waals surface area contributed by atoms with Crippen LogP contribution < -0.4 is 10.6 Å². The molecule has 0 spiro atoms. The minimum atomic E-state index is -4.52. The van der Waals surface area contributed by atoms with Gasteiger partial charge in [0.05, 0.1) is 18.0 Å². The molecule has 6 aromatic carbocycles. The van der Waals surface area contributed by atoms with E-state index in [0.717, 1.165) is 26.9 Å². The van der Waals surface area contributed by atoms with Crippen molar-refractivity contribution in [1.29, 1.82) is 0 Å². The maximum absolute atomic E-state index is 14.2. The third-order valence-corrected chi connectivity index (χ3v) is 11.4. The lowest BCUT2D eigenvalue weighted by Crippen LogP contribution is -2.41. The van der Waals surface area contributed by atoms with Crippen molar-refractivity contribution in [3.05, 3.63) is 132 Å². The van der Waals surface area contributed by atoms with Crippen LogP contribution in [0.4, 0.5) is 11.4 Å². The number of fused-ring (bicyclic) bond motifs is 3. The number of nitrogens with zero attached hydrogens (tertiary/aromatic N) is 1. The number of anilines is 2. The van der Waals surface area contributed by atoms with Gasteiger partial charge in [0, 0.05) is 24.6 Å². The molecule has 0 aliphatic carbocycles. The van der Waals surface area contributed by atoms with E-state index in [1.165, 1.54) is 0 Å². The van der Waals surface area contributed by atoms with Crippen LogP contribution in [0.2, 0.25) is 0 Å². The summed E-state index contributed by atoms with van der Waals surface area (Å²) in [5.74, 6) is -1.39. The molecule has 6 aromatic rings. The fraction of sp³-hybridized carbons (Fsp3) is 0.195. The second-order valence-electron chi connectivity index (χ2n) is 12.8. The molecule has 258 valence electrons. The number of carbonyl (C=O) groups excluding carboxylic acids is 3. The Morgan fingerprint density at radius 3 is 1.98 bits per heavy atom. The summed E-state index contributed by atoms with van der Waals surface area (Å²) in [6.07, 6.45) is 0.956. The van der Waals surface area contributed by atoms with Crippen LogP contribution in [0.25, 0.3) is 32.3 Å². The van der Waals surface area contributed by atoms with Gasteiger partial charge in [-0.25, -0.2) is 0 Å². The molecule has 1 aliphatic rings. The summed E-state index contributed by atoms with van der Waals surface area (Å²) >= 11 is 0. The molecule has 2 atom stereocenters. The molecule has 1 saturated heterocycles. The van der Waals surface area contributed by atoms with Crippen LogP contribution >= 0.6 is 7.60 Å². The van der Waals surface area contributed by atoms with Crippen LogP contribution in [0, 0.1) is 5.92 Å². The van der Waals surface area contributed by atoms with E-state index in [0.29, 0.717) is 48.1 Å². The van der Waals surface area contributed by atoms with Gasteiger partial charge in [-0.1, -0.05) is 97.1 Å². The molecule has 1 heterocycles. The highest BCUT2D eigenvalue weighted by atomic mass is 31.2. The highest BCUT2D eigenvalue weighted by Crippen LogP contribution is 2.58. The van der Waals surface area contributed by atoms with Gasteiger partial charge in [0.25, 0.3) is 5.91 Å². The van der Waals surface area contributed by atoms with Gasteiger partial charge in [0.15, 0.2) is 5.66 Å². The SMILES string of the molecule is CCOP(=O)(O)C(C(=O)Nc1cc2ccccc2cc1NC(=O)C1CCN(C(=O)c2ccc3ccccc3c2)CC1)c1cccc2ccccc12. The van der Waals surface area contributed by atoms with Crippen molar-refractivity contribution < 1.29 is 28.4 Å². The Morgan fingerprint density at radius 1 is 0.745 bits per heavy atom. The molecule has 0 saturated carbocycles. The van der Waals surface area contributed by atoms with E-state index < -0.39 is 19.2 Å². The van der Waals surface area contributed by atoms with Crippen molar-refractivity contribution in [3.8, 4) is 0 Å². The number of piperidine rings is 1. The average Bonchev–Trinajstić information content (AvgIpc) is 3.14. The quantitative estimate of drug-likeness (QED) is 0.130. The van der Waals surface area contributed by atoms with Gasteiger partial charge in [-0.2, -0.15) is 0 Å². The Kier molecular flexibility index (Phi) is 9.69. The number of benzene rings is 6. The maximum Gasteiger partial charge on any atom is 0.344 e. The van der Waals surface area contributed by atoms with Crippen molar-refractivity contribution in [1.82, 2.24) is 4.90 Å². The summed E-state index contributed by atoms with van der Waals surface area (Å²) in [6, 6.07) is 37.3. The van der Waals surface area contributed by atoms with E-state index in [-0.39, 0.29) is 30.0 Å². The average molecular weight is 700 g/mol. The molecule has 7 rings (SSSR count). The number of nitrogens with one attached hydrogen (secondary N) is 2. The summed E-state index contributed by atoms with van der Waals surface area (Å²) in [6.45, 7) is 2.40. The van der Waals surface area contributed by atoms with Crippen LogP contribution in [0.5, 0.6) is 0 Å². The fourth-order valence-corrected chi connectivity index (χ4v) is 8.40. The maximum atomic E-state index is 14.2. The van der Waals surface area contributed by atoms with Gasteiger partial charge < -0.3 is 25.0 Å². The molecule has 10 heteroatoms. The lowest BCUT2D eigenvalue weighted by atomic mass is 9.95. The van der Waals surface area contributed by atoms with Crippen LogP contribution in [0.3, 0.4) is 0 Å². The zero-order chi connectivity index (χ0) is 35.5. The van der Waals surface area contributed by atoms with E-state index >= 15 is 0 Å². The van der Waals surface area contributed by atoms with Crippen molar-refractivity contribution in [2.45, 2.75) is 25.4 Å². The molecule has 2 unspecified atom stereocenters. The lowest BCUT2D eigenvalue weighted by molar-refractivity contribution is -0.121. The lowest BCUT2D eigenvalue weighted by Gasteiger charge is -2.31. The van der Waals surface area contributed by atoms with Gasteiger partial charge >= 0.3 is 7.60 Å². The molecule has 1 fully saturated rings. The minimum Gasteiger partial charge on any atom is -0.339 e. The van der Waals surface area contributed by atoms with E-state index in [1.54, 1.807) is 42.2 Å². The van der Waals surface area contributed by atoms with Crippen LogP contribution in [0.1, 0.15) is 41.3 Å². The highest BCUT2D eigenvalue weighted by molar-refractivity contribution is 7.54. The second kappa shape index (κ2) is 14.5. The molecular weight excluding hydrogens is 661 g/mol. The summed E-state index contributed by atoms with van der Waals surface area (Å²) in [4.78, 5) is 54.2. The molecule has 0 bridgehead atoms. The normalized spacial score (nSPS) is 15.4. The van der Waals surface area contributed by atoms with Gasteiger partial charge in [-0.05, 0) is 81.9 Å². The first-order valence-corrected chi connectivity index (χ1v) is 18.7. The van der Waals surface area contributed by atoms with Gasteiger partial charge in [0.1, 0.15) is 0 Å². The molecule has 1 aliphatic heterocycles. The highest BCUT2D eigenvalue weighted by Gasteiger charge is 2.41. The van der Waals surface area contributed by atoms with E-state index in [9.17, 15) is 23.8 Å². The molecule has 0 radical (unpaired) electrons. The summed E-state index contributed by atoms with van der Waals surface area (Å²) in [5, 5.41) is 11.1. The Hall–Kier alpha value is -5.34. The molecule has 51 heavy (non-hydrogen) atoms. The number of hydrogen-bond acceptors (Lipinski definition) is 5. The van der Waals surface area contributed by atoms with E-state index in [4.69, 9.17) is 4.52 Å². The molecule has 3 amide bonds. The number of amides is 3. The van der Waals surface area contributed by atoms with Gasteiger partial charge in [-0.3, -0.25) is 18.9 Å². The zero-order valence-electron chi connectivity index (χ0n) is 28.1. The third-order valence-electron chi connectivity index (χ3n) is 9.56. The summed E-state index contributed by atoms with van der Waals surface area (Å²) < 4.78 is 19.0. The van der Waals surface area contributed by atoms with E-state index in [2.05, 4.69) is 10.6 Å². The number of carbonyl (C=O) groups is 3. The summed E-state index contributed by atoms with van der Waals surface area (Å²) in [7, 11) is -4.52. The predicted octanol–water partition coefficient (Wildman–Crippen LogP) is 8.54. The van der Waals surface area contributed by atoms with Crippen molar-refractivity contribution in [2.24, 2.45) is 5.92 Å². The Bertz CT molecular complexity index is 2330. The van der Waals surface area contributed by atoms with Crippen LogP contribution in [0.15, 0.2) is 121 Å². The van der Waals surface area contributed by atoms with Crippen molar-refractivity contribution in [3.63, 3.8) is 0 Å². The fourth-order valence-electron chi connectivity index (χ4n) is 6.95. The first kappa shape index (κ1) is 34.1. The Labute approximate surface area is 295 Å². The first-order chi connectivity index (χ1) is 24.7. The van der Waals surface area contributed by atoms with Crippen LogP contribution in [-0.2, 0) is 18.7 Å². The number of rotatable bonds is 9. The Balaban J connectivity index is 1.12. The predicted molar refractivity (Wildman–Crippen MR) is 202 cm³/mol. The topological polar surface area (TPSA) is 125 Å². The van der Waals surface area contributed by atoms with E-state index in [1.807, 2.05) is 91.0 Å². The zero-order valence-corrected chi connectivity index (χ0v) is 29.0. The first-order valence-electron chi connectivity index (χ1n) is 17.1. The number of likely N-dealkylation sites (tertiary alicyclic amines) is 1. The monoisotopic (exact) mass is 699 g/mol. The van der Waals surface area contributed by atoms with Gasteiger partial charge in [-0.15, -0.1) is 0 Å². The second-order valence-corrected chi connectivity index (χ2v) is 14.7. The Morgan fingerprint density at radius 2 is 1.31 bits per heavy atom. The summed E-state index contributed by atoms with van der Waals surface area (Å²) in [5.41, 5.74) is 0.0938. The number of hydrogen-bond donors (Lipinski definition) is 3. The molecule has 3 N–H and O–H groups in total. The molecule has 0 aromatic heterocycles. The van der Waals surface area contributed by atoms with Gasteiger partial charge in [0.2, 0.25) is 11.8 Å². The minimum absolute atomic E-state index is 0.0619. The van der Waals surface area contributed by atoms with Crippen molar-refractivity contribution in [2.75, 3.05) is 30.3 Å². The smallest absolute Gasteiger partial charge is 0.339 e. The molecular formula is C41H38N3O6P.